The monoisotopic (exact) mass is 226 g/mol. The highest BCUT2D eigenvalue weighted by molar-refractivity contribution is 5.75. The van der Waals surface area contributed by atoms with E-state index in [1.54, 1.807) is 7.11 Å². The first-order valence-corrected chi connectivity index (χ1v) is 6.04. The molecule has 2 saturated carbocycles. The molecule has 0 spiro atoms. The summed E-state index contributed by atoms with van der Waals surface area (Å²) in [6.07, 6.45) is 5.63. The zero-order valence-electron chi connectivity index (χ0n) is 9.57. The first kappa shape index (κ1) is 10.5. The van der Waals surface area contributed by atoms with Crippen molar-refractivity contribution in [3.8, 4) is 0 Å². The van der Waals surface area contributed by atoms with E-state index in [1.165, 1.54) is 0 Å². The lowest BCUT2D eigenvalue weighted by Crippen LogP contribution is -2.37. The van der Waals surface area contributed by atoms with Gasteiger partial charge in [0.05, 0.1) is 5.41 Å². The average molecular weight is 226 g/mol. The van der Waals surface area contributed by atoms with Crippen LogP contribution in [0.15, 0.2) is 0 Å². The molecule has 0 aromatic carbocycles. The maximum Gasteiger partial charge on any atom is 0.309 e. The second-order valence-electron chi connectivity index (χ2n) is 5.64. The van der Waals surface area contributed by atoms with Gasteiger partial charge in [-0.25, -0.2) is 0 Å². The van der Waals surface area contributed by atoms with Crippen molar-refractivity contribution < 1.29 is 19.4 Å². The lowest BCUT2D eigenvalue weighted by molar-refractivity contribution is -0.151. The Morgan fingerprint density at radius 3 is 2.81 bits per heavy atom. The molecular formula is C12H18O4. The number of epoxide rings is 1. The second kappa shape index (κ2) is 3.20. The molecular weight excluding hydrogens is 208 g/mol. The molecule has 0 amide bonds. The van der Waals surface area contributed by atoms with Crippen molar-refractivity contribution in [2.75, 3.05) is 7.11 Å². The Morgan fingerprint density at radius 1 is 1.38 bits per heavy atom. The molecule has 4 atom stereocenters. The number of carboxylic acids is 1. The Morgan fingerprint density at radius 2 is 2.19 bits per heavy atom. The van der Waals surface area contributed by atoms with Gasteiger partial charge in [-0.3, -0.25) is 4.79 Å². The second-order valence-corrected chi connectivity index (χ2v) is 5.64. The Labute approximate surface area is 94.9 Å². The summed E-state index contributed by atoms with van der Waals surface area (Å²) < 4.78 is 10.7. The van der Waals surface area contributed by atoms with Crippen molar-refractivity contribution in [1.82, 2.24) is 0 Å². The summed E-state index contributed by atoms with van der Waals surface area (Å²) in [6.45, 7) is 0. The number of carbonyl (C=O) groups is 1. The van der Waals surface area contributed by atoms with E-state index < -0.39 is 11.4 Å². The minimum absolute atomic E-state index is 0.0808. The lowest BCUT2D eigenvalue weighted by Gasteiger charge is -2.36. The third-order valence-electron chi connectivity index (χ3n) is 4.86. The minimum Gasteiger partial charge on any atom is -0.481 e. The summed E-state index contributed by atoms with van der Waals surface area (Å²) in [4.78, 5) is 11.4. The molecule has 2 aliphatic carbocycles. The quantitative estimate of drug-likeness (QED) is 0.745. The van der Waals surface area contributed by atoms with Crippen molar-refractivity contribution in [3.05, 3.63) is 0 Å². The van der Waals surface area contributed by atoms with Gasteiger partial charge in [-0.2, -0.15) is 0 Å². The molecule has 3 fully saturated rings. The van der Waals surface area contributed by atoms with Gasteiger partial charge in [0.15, 0.2) is 6.29 Å². The van der Waals surface area contributed by atoms with Crippen molar-refractivity contribution in [3.63, 3.8) is 0 Å². The minimum atomic E-state index is -0.608. The molecule has 2 bridgehead atoms. The van der Waals surface area contributed by atoms with E-state index >= 15 is 0 Å². The number of methoxy groups -OCH3 is 1. The summed E-state index contributed by atoms with van der Waals surface area (Å²) in [5, 5.41) is 9.38. The Balaban J connectivity index is 1.82. The molecule has 4 heteroatoms. The van der Waals surface area contributed by atoms with Crippen LogP contribution in [0.2, 0.25) is 0 Å². The largest absolute Gasteiger partial charge is 0.481 e. The highest BCUT2D eigenvalue weighted by atomic mass is 16.8. The Bertz CT molecular complexity index is 329. The van der Waals surface area contributed by atoms with Crippen LogP contribution in [-0.2, 0) is 14.3 Å². The molecule has 3 rings (SSSR count). The highest BCUT2D eigenvalue weighted by Crippen LogP contribution is 2.63. The fraction of sp³-hybridized carbons (Fsp3) is 0.917. The number of rotatable bonds is 3. The molecule has 1 saturated heterocycles. The third kappa shape index (κ3) is 1.26. The van der Waals surface area contributed by atoms with Gasteiger partial charge >= 0.3 is 5.97 Å². The number of carboxylic acid groups (broad SMARTS) is 1. The van der Waals surface area contributed by atoms with Gasteiger partial charge in [0.25, 0.3) is 0 Å². The molecule has 90 valence electrons. The Kier molecular flexibility index (Phi) is 2.11. The molecule has 3 aliphatic rings. The number of ether oxygens (including phenoxy) is 2. The lowest BCUT2D eigenvalue weighted by atomic mass is 9.67. The first-order chi connectivity index (χ1) is 7.62. The fourth-order valence-corrected chi connectivity index (χ4v) is 3.93. The SMILES string of the molecule is COC1OC1C12CCCC(C(=O)O)(CC1)C2. The number of aliphatic carboxylic acids is 1. The van der Waals surface area contributed by atoms with Crippen LogP contribution in [0.25, 0.3) is 0 Å². The third-order valence-corrected chi connectivity index (χ3v) is 4.86. The maximum absolute atomic E-state index is 11.4. The van der Waals surface area contributed by atoms with Crippen LogP contribution in [0, 0.1) is 10.8 Å². The van der Waals surface area contributed by atoms with E-state index in [-0.39, 0.29) is 17.8 Å². The van der Waals surface area contributed by atoms with Gasteiger partial charge in [-0.05, 0) is 32.1 Å². The predicted octanol–water partition coefficient (Wildman–Crippen LogP) is 1.78. The van der Waals surface area contributed by atoms with Gasteiger partial charge in [0, 0.05) is 12.5 Å². The zero-order valence-corrected chi connectivity index (χ0v) is 9.57. The van der Waals surface area contributed by atoms with Crippen molar-refractivity contribution in [2.45, 2.75) is 50.9 Å². The molecule has 1 N–H and O–H groups in total. The summed E-state index contributed by atoms with van der Waals surface area (Å²) in [5.74, 6) is -0.608. The van der Waals surface area contributed by atoms with Gasteiger partial charge in [-0.15, -0.1) is 0 Å². The molecule has 1 heterocycles. The maximum atomic E-state index is 11.4. The van der Waals surface area contributed by atoms with Crippen LogP contribution < -0.4 is 0 Å². The predicted molar refractivity (Wildman–Crippen MR) is 55.9 cm³/mol. The van der Waals surface area contributed by atoms with E-state index in [0.717, 1.165) is 38.5 Å². The average Bonchev–Trinajstić information content (AvgIpc) is 3.02. The van der Waals surface area contributed by atoms with Crippen LogP contribution in [0.4, 0.5) is 0 Å². The standard InChI is InChI=1S/C12H18O4/c1-15-9-8(16-9)11-3-2-4-12(7-11,6-5-11)10(13)14/h8-9H,2-7H2,1H3,(H,13,14). The summed E-state index contributed by atoms with van der Waals surface area (Å²) in [7, 11) is 1.66. The molecule has 4 nitrogen and oxygen atoms in total. The van der Waals surface area contributed by atoms with E-state index in [4.69, 9.17) is 9.47 Å². The van der Waals surface area contributed by atoms with Gasteiger partial charge in [0.2, 0.25) is 0 Å². The van der Waals surface area contributed by atoms with Crippen molar-refractivity contribution in [2.24, 2.45) is 10.8 Å². The number of fused-ring (bicyclic) bond motifs is 2. The Hall–Kier alpha value is -0.610. The van der Waals surface area contributed by atoms with Gasteiger partial charge in [-0.1, -0.05) is 6.42 Å². The van der Waals surface area contributed by atoms with E-state index in [9.17, 15) is 9.90 Å². The molecule has 16 heavy (non-hydrogen) atoms. The van der Waals surface area contributed by atoms with Gasteiger partial charge < -0.3 is 14.6 Å². The normalized spacial score (nSPS) is 50.3. The van der Waals surface area contributed by atoms with Crippen LogP contribution in [0.1, 0.15) is 38.5 Å². The molecule has 1 aliphatic heterocycles. The summed E-state index contributed by atoms with van der Waals surface area (Å²) in [6, 6.07) is 0. The van der Waals surface area contributed by atoms with E-state index in [1.807, 2.05) is 0 Å². The van der Waals surface area contributed by atoms with Crippen LogP contribution in [0.3, 0.4) is 0 Å². The topological polar surface area (TPSA) is 59.1 Å². The molecule has 0 radical (unpaired) electrons. The first-order valence-electron chi connectivity index (χ1n) is 6.04. The van der Waals surface area contributed by atoms with Crippen molar-refractivity contribution >= 4 is 5.97 Å². The van der Waals surface area contributed by atoms with E-state index in [0.29, 0.717) is 0 Å². The molecule has 4 unspecified atom stereocenters. The number of hydrogen-bond acceptors (Lipinski definition) is 3. The smallest absolute Gasteiger partial charge is 0.309 e. The highest BCUT2D eigenvalue weighted by Gasteiger charge is 2.64. The summed E-state index contributed by atoms with van der Waals surface area (Å²) >= 11 is 0. The van der Waals surface area contributed by atoms with Crippen LogP contribution in [-0.4, -0.2) is 30.6 Å². The molecule has 0 aromatic heterocycles. The van der Waals surface area contributed by atoms with Crippen LogP contribution in [0.5, 0.6) is 0 Å². The van der Waals surface area contributed by atoms with Crippen molar-refractivity contribution in [1.29, 1.82) is 0 Å². The molecule has 0 aromatic rings. The number of hydrogen-bond donors (Lipinski definition) is 1. The van der Waals surface area contributed by atoms with E-state index in [2.05, 4.69) is 0 Å². The fourth-order valence-electron chi connectivity index (χ4n) is 3.93. The van der Waals surface area contributed by atoms with Gasteiger partial charge in [0.1, 0.15) is 6.10 Å². The summed E-state index contributed by atoms with van der Waals surface area (Å²) in [5.41, 5.74) is -0.361. The zero-order chi connectivity index (χ0) is 11.4. The van der Waals surface area contributed by atoms with Crippen LogP contribution >= 0.6 is 0 Å².